The molecule has 8 heteroatoms. The van der Waals surface area contributed by atoms with E-state index < -0.39 is 31.7 Å². The first kappa shape index (κ1) is 16.9. The Labute approximate surface area is 120 Å². The largest absolute Gasteiger partial charge is 0.399 e. The van der Waals surface area contributed by atoms with Gasteiger partial charge in [0.15, 0.2) is 0 Å². The van der Waals surface area contributed by atoms with Crippen LogP contribution in [0, 0.1) is 0 Å². The SMILES string of the molecule is CC(c1cccc(N)c1)N(C)S(=O)(=O)CCS(C)(=O)=O. The summed E-state index contributed by atoms with van der Waals surface area (Å²) in [7, 11) is -5.52. The number of anilines is 1. The molecule has 0 spiro atoms. The summed E-state index contributed by atoms with van der Waals surface area (Å²) in [5, 5.41) is 0. The number of sulfone groups is 1. The Kier molecular flexibility index (Phi) is 5.17. The van der Waals surface area contributed by atoms with Gasteiger partial charge in [-0.2, -0.15) is 4.31 Å². The number of rotatable bonds is 6. The van der Waals surface area contributed by atoms with E-state index in [-0.39, 0.29) is 5.75 Å². The summed E-state index contributed by atoms with van der Waals surface area (Å²) in [4.78, 5) is 0. The van der Waals surface area contributed by atoms with Gasteiger partial charge in [-0.15, -0.1) is 0 Å². The number of nitrogen functional groups attached to an aromatic ring is 1. The molecule has 0 saturated carbocycles. The summed E-state index contributed by atoms with van der Waals surface area (Å²) in [6, 6.07) is 6.53. The molecule has 114 valence electrons. The Morgan fingerprint density at radius 1 is 1.20 bits per heavy atom. The number of benzene rings is 1. The van der Waals surface area contributed by atoms with Gasteiger partial charge in [-0.05, 0) is 24.6 Å². The summed E-state index contributed by atoms with van der Waals surface area (Å²) in [5.74, 6) is -0.807. The third-order valence-electron chi connectivity index (χ3n) is 3.09. The van der Waals surface area contributed by atoms with Crippen molar-refractivity contribution in [3.63, 3.8) is 0 Å². The highest BCUT2D eigenvalue weighted by molar-refractivity contribution is 7.93. The van der Waals surface area contributed by atoms with Crippen LogP contribution in [-0.4, -0.2) is 45.9 Å². The molecule has 0 saturated heterocycles. The molecule has 0 bridgehead atoms. The van der Waals surface area contributed by atoms with Gasteiger partial charge >= 0.3 is 0 Å². The van der Waals surface area contributed by atoms with Gasteiger partial charge in [0.05, 0.1) is 11.5 Å². The van der Waals surface area contributed by atoms with Crippen molar-refractivity contribution in [1.29, 1.82) is 0 Å². The van der Waals surface area contributed by atoms with Crippen LogP contribution in [0.2, 0.25) is 0 Å². The molecular weight excluding hydrogens is 300 g/mol. The van der Waals surface area contributed by atoms with Crippen LogP contribution in [0.3, 0.4) is 0 Å². The molecule has 0 aromatic heterocycles. The van der Waals surface area contributed by atoms with E-state index in [2.05, 4.69) is 0 Å². The number of hydrogen-bond donors (Lipinski definition) is 1. The number of hydrogen-bond acceptors (Lipinski definition) is 5. The normalized spacial score (nSPS) is 14.4. The van der Waals surface area contributed by atoms with Gasteiger partial charge in [0, 0.05) is 25.0 Å². The fourth-order valence-corrected chi connectivity index (χ4v) is 4.62. The van der Waals surface area contributed by atoms with Crippen LogP contribution in [0.15, 0.2) is 24.3 Å². The predicted molar refractivity (Wildman–Crippen MR) is 80.5 cm³/mol. The second-order valence-electron chi connectivity index (χ2n) is 4.81. The van der Waals surface area contributed by atoms with E-state index in [1.165, 1.54) is 11.4 Å². The van der Waals surface area contributed by atoms with Crippen molar-refractivity contribution in [1.82, 2.24) is 4.31 Å². The molecule has 0 aliphatic rings. The fraction of sp³-hybridized carbons (Fsp3) is 0.500. The average molecular weight is 320 g/mol. The standard InChI is InChI=1S/C12H20N2O4S2/c1-10(11-5-4-6-12(13)9-11)14(2)20(17,18)8-7-19(3,15)16/h4-6,9-10H,7-8,13H2,1-3H3. The van der Waals surface area contributed by atoms with Crippen molar-refractivity contribution in [3.8, 4) is 0 Å². The molecule has 0 radical (unpaired) electrons. The minimum Gasteiger partial charge on any atom is -0.399 e. The molecule has 1 rings (SSSR count). The average Bonchev–Trinajstić information content (AvgIpc) is 2.34. The topological polar surface area (TPSA) is 97.5 Å². The summed E-state index contributed by atoms with van der Waals surface area (Å²) in [6.45, 7) is 1.73. The molecule has 1 atom stereocenters. The van der Waals surface area contributed by atoms with Crippen LogP contribution in [0.25, 0.3) is 0 Å². The van der Waals surface area contributed by atoms with E-state index in [1.54, 1.807) is 31.2 Å². The van der Waals surface area contributed by atoms with Crippen molar-refractivity contribution < 1.29 is 16.8 Å². The van der Waals surface area contributed by atoms with E-state index in [4.69, 9.17) is 5.73 Å². The maximum absolute atomic E-state index is 12.1. The van der Waals surface area contributed by atoms with E-state index in [0.29, 0.717) is 5.69 Å². The van der Waals surface area contributed by atoms with E-state index in [9.17, 15) is 16.8 Å². The number of sulfonamides is 1. The highest BCUT2D eigenvalue weighted by Crippen LogP contribution is 2.23. The molecule has 20 heavy (non-hydrogen) atoms. The molecular formula is C12H20N2O4S2. The summed E-state index contributed by atoms with van der Waals surface area (Å²) < 4.78 is 47.6. The summed E-state index contributed by atoms with van der Waals surface area (Å²) in [5.41, 5.74) is 6.99. The minimum absolute atomic E-state index is 0.386. The Balaban J connectivity index is 2.90. The van der Waals surface area contributed by atoms with Gasteiger partial charge in [0.2, 0.25) is 10.0 Å². The molecule has 1 unspecified atom stereocenters. The van der Waals surface area contributed by atoms with E-state index in [0.717, 1.165) is 11.8 Å². The molecule has 0 aliphatic heterocycles. The van der Waals surface area contributed by atoms with Crippen molar-refractivity contribution >= 4 is 25.5 Å². The molecule has 0 aliphatic carbocycles. The maximum atomic E-state index is 12.1. The smallest absolute Gasteiger partial charge is 0.215 e. The van der Waals surface area contributed by atoms with Gasteiger partial charge in [-0.3, -0.25) is 0 Å². The van der Waals surface area contributed by atoms with Gasteiger partial charge < -0.3 is 5.73 Å². The monoisotopic (exact) mass is 320 g/mol. The Morgan fingerprint density at radius 2 is 1.80 bits per heavy atom. The lowest BCUT2D eigenvalue weighted by atomic mass is 10.1. The molecule has 0 amide bonds. The quantitative estimate of drug-likeness (QED) is 0.776. The van der Waals surface area contributed by atoms with Gasteiger partial charge in [0.1, 0.15) is 9.84 Å². The van der Waals surface area contributed by atoms with Crippen molar-refractivity contribution in [2.24, 2.45) is 0 Å². The first-order chi connectivity index (χ1) is 9.03. The lowest BCUT2D eigenvalue weighted by Gasteiger charge is -2.24. The van der Waals surface area contributed by atoms with Crippen LogP contribution in [-0.2, 0) is 19.9 Å². The molecule has 0 fully saturated rings. The van der Waals surface area contributed by atoms with Crippen LogP contribution >= 0.6 is 0 Å². The molecule has 1 aromatic carbocycles. The van der Waals surface area contributed by atoms with Crippen molar-refractivity contribution in [3.05, 3.63) is 29.8 Å². The van der Waals surface area contributed by atoms with Crippen LogP contribution < -0.4 is 5.73 Å². The third-order valence-corrected chi connectivity index (χ3v) is 6.21. The fourth-order valence-electron chi connectivity index (χ4n) is 1.67. The lowest BCUT2D eigenvalue weighted by Crippen LogP contribution is -2.33. The molecule has 0 heterocycles. The zero-order valence-electron chi connectivity index (χ0n) is 11.8. The van der Waals surface area contributed by atoms with E-state index in [1.807, 2.05) is 0 Å². The third kappa shape index (κ3) is 4.77. The van der Waals surface area contributed by atoms with Crippen LogP contribution in [0.4, 0.5) is 5.69 Å². The zero-order chi connectivity index (χ0) is 15.6. The Hall–Kier alpha value is -1.12. The number of nitrogens with zero attached hydrogens (tertiary/aromatic N) is 1. The predicted octanol–water partition coefficient (Wildman–Crippen LogP) is 0.636. The van der Waals surface area contributed by atoms with Crippen molar-refractivity contribution in [2.45, 2.75) is 13.0 Å². The minimum atomic E-state index is -3.64. The van der Waals surface area contributed by atoms with Crippen molar-refractivity contribution in [2.75, 3.05) is 30.5 Å². The highest BCUT2D eigenvalue weighted by atomic mass is 32.2. The van der Waals surface area contributed by atoms with Gasteiger partial charge in [-0.1, -0.05) is 12.1 Å². The number of nitrogens with two attached hydrogens (primary N) is 1. The van der Waals surface area contributed by atoms with Gasteiger partial charge in [-0.25, -0.2) is 16.8 Å². The second kappa shape index (κ2) is 6.11. The molecule has 6 nitrogen and oxygen atoms in total. The van der Waals surface area contributed by atoms with Gasteiger partial charge in [0.25, 0.3) is 0 Å². The second-order valence-corrected chi connectivity index (χ2v) is 9.22. The zero-order valence-corrected chi connectivity index (χ0v) is 13.4. The van der Waals surface area contributed by atoms with Crippen LogP contribution in [0.5, 0.6) is 0 Å². The Bertz CT molecular complexity index is 668. The molecule has 1 aromatic rings. The summed E-state index contributed by atoms with van der Waals surface area (Å²) in [6.07, 6.45) is 1.02. The molecule has 2 N–H and O–H groups in total. The highest BCUT2D eigenvalue weighted by Gasteiger charge is 2.25. The summed E-state index contributed by atoms with van der Waals surface area (Å²) >= 11 is 0. The van der Waals surface area contributed by atoms with E-state index >= 15 is 0 Å². The first-order valence-electron chi connectivity index (χ1n) is 6.02. The first-order valence-corrected chi connectivity index (χ1v) is 9.69. The lowest BCUT2D eigenvalue weighted by molar-refractivity contribution is 0.399. The Morgan fingerprint density at radius 3 is 2.30 bits per heavy atom. The van der Waals surface area contributed by atoms with Crippen LogP contribution in [0.1, 0.15) is 18.5 Å². The maximum Gasteiger partial charge on any atom is 0.215 e.